The molecule has 0 bridgehead atoms. The highest BCUT2D eigenvalue weighted by Gasteiger charge is 2.23. The van der Waals surface area contributed by atoms with Gasteiger partial charge in [-0.2, -0.15) is 0 Å². The van der Waals surface area contributed by atoms with Crippen LogP contribution >= 0.6 is 0 Å². The third kappa shape index (κ3) is 4.30. The number of piperazine rings is 1. The molecule has 0 aromatic heterocycles. The number of benzene rings is 2. The van der Waals surface area contributed by atoms with Crippen molar-refractivity contribution in [3.05, 3.63) is 47.0 Å². The molecule has 1 N–H and O–H groups in total. The van der Waals surface area contributed by atoms with E-state index in [9.17, 15) is 0 Å². The van der Waals surface area contributed by atoms with Gasteiger partial charge in [-0.05, 0) is 43.2 Å². The molecule has 0 spiro atoms. The van der Waals surface area contributed by atoms with Crippen LogP contribution in [0.5, 0.6) is 17.2 Å². The minimum Gasteiger partial charge on any atom is -0.493 e. The highest BCUT2D eigenvalue weighted by atomic mass is 16.5. The molecule has 1 aliphatic heterocycles. The normalized spacial score (nSPS) is 14.9. The van der Waals surface area contributed by atoms with E-state index < -0.39 is 0 Å². The number of hydrogen-bond acceptors (Lipinski definition) is 4. The van der Waals surface area contributed by atoms with Gasteiger partial charge in [0.2, 0.25) is 5.75 Å². The lowest BCUT2D eigenvalue weighted by molar-refractivity contribution is -0.914. The predicted octanol–water partition coefficient (Wildman–Crippen LogP) is 2.23. The first kappa shape index (κ1) is 19.4. The molecule has 0 saturated carbocycles. The summed E-state index contributed by atoms with van der Waals surface area (Å²) in [5.74, 6) is 2.10. The maximum atomic E-state index is 5.49. The van der Waals surface area contributed by atoms with E-state index in [1.807, 2.05) is 0 Å². The fourth-order valence-electron chi connectivity index (χ4n) is 3.83. The molecular formula is C22H31N2O3+. The van der Waals surface area contributed by atoms with E-state index >= 15 is 0 Å². The molecule has 2 aromatic carbocycles. The first-order valence-corrected chi connectivity index (χ1v) is 9.50. The molecule has 1 aliphatic rings. The first-order chi connectivity index (χ1) is 13.0. The van der Waals surface area contributed by atoms with Crippen LogP contribution in [-0.4, -0.2) is 47.5 Å². The summed E-state index contributed by atoms with van der Waals surface area (Å²) < 4.78 is 16.4. The summed E-state index contributed by atoms with van der Waals surface area (Å²) in [7, 11) is 4.96. The van der Waals surface area contributed by atoms with E-state index in [2.05, 4.69) is 49.1 Å². The number of hydrogen-bond donors (Lipinski definition) is 1. The van der Waals surface area contributed by atoms with Gasteiger partial charge in [0.1, 0.15) is 6.54 Å². The Bertz CT molecular complexity index is 758. The highest BCUT2D eigenvalue weighted by Crippen LogP contribution is 2.38. The van der Waals surface area contributed by atoms with Gasteiger partial charge in [0.05, 0.1) is 47.5 Å². The number of ether oxygens (including phenoxy) is 3. The number of anilines is 1. The van der Waals surface area contributed by atoms with Gasteiger partial charge in [-0.25, -0.2) is 0 Å². The van der Waals surface area contributed by atoms with Crippen molar-refractivity contribution < 1.29 is 19.1 Å². The Kier molecular flexibility index (Phi) is 6.11. The van der Waals surface area contributed by atoms with Gasteiger partial charge in [0, 0.05) is 11.3 Å². The zero-order chi connectivity index (χ0) is 19.4. The van der Waals surface area contributed by atoms with Gasteiger partial charge in [-0.1, -0.05) is 12.1 Å². The number of nitrogens with zero attached hydrogens (tertiary/aromatic N) is 1. The topological polar surface area (TPSA) is 35.4 Å². The molecule has 27 heavy (non-hydrogen) atoms. The van der Waals surface area contributed by atoms with E-state index in [1.165, 1.54) is 22.4 Å². The van der Waals surface area contributed by atoms with Crippen LogP contribution < -0.4 is 24.0 Å². The minimum atomic E-state index is 0.651. The third-order valence-corrected chi connectivity index (χ3v) is 5.35. The van der Waals surface area contributed by atoms with Crippen LogP contribution in [-0.2, 0) is 6.54 Å². The lowest BCUT2D eigenvalue weighted by Gasteiger charge is -2.34. The van der Waals surface area contributed by atoms with Gasteiger partial charge in [0.25, 0.3) is 0 Å². The molecule has 146 valence electrons. The van der Waals surface area contributed by atoms with Crippen molar-refractivity contribution in [1.82, 2.24) is 0 Å². The van der Waals surface area contributed by atoms with E-state index in [1.54, 1.807) is 26.2 Å². The molecule has 0 aliphatic carbocycles. The van der Waals surface area contributed by atoms with Crippen LogP contribution in [0.4, 0.5) is 5.69 Å². The van der Waals surface area contributed by atoms with Gasteiger partial charge < -0.3 is 24.0 Å². The average Bonchev–Trinajstić information content (AvgIpc) is 2.69. The van der Waals surface area contributed by atoms with Gasteiger partial charge in [0.15, 0.2) is 11.5 Å². The second-order valence-corrected chi connectivity index (χ2v) is 7.24. The zero-order valence-electron chi connectivity index (χ0n) is 17.1. The summed E-state index contributed by atoms with van der Waals surface area (Å²) in [6, 6.07) is 10.8. The Labute approximate surface area is 162 Å². The number of rotatable bonds is 6. The van der Waals surface area contributed by atoms with Gasteiger partial charge >= 0.3 is 0 Å². The number of nitrogens with one attached hydrogen (secondary N) is 1. The predicted molar refractivity (Wildman–Crippen MR) is 109 cm³/mol. The van der Waals surface area contributed by atoms with Crippen LogP contribution in [0.15, 0.2) is 30.3 Å². The molecule has 1 fully saturated rings. The monoisotopic (exact) mass is 371 g/mol. The standard InChI is InChI=1S/C22H30N2O3/c1-16-6-7-17(2)19(12-16)24-10-8-23(9-11-24)15-18-13-20(25-3)22(27-5)21(14-18)26-4/h6-7,12-14H,8-11,15H2,1-5H3/p+1. The van der Waals surface area contributed by atoms with E-state index in [0.29, 0.717) is 5.75 Å². The lowest BCUT2D eigenvalue weighted by atomic mass is 10.1. The van der Waals surface area contributed by atoms with Crippen LogP contribution in [0, 0.1) is 13.8 Å². The van der Waals surface area contributed by atoms with Crippen LogP contribution in [0.1, 0.15) is 16.7 Å². The summed E-state index contributed by atoms with van der Waals surface area (Å²) in [4.78, 5) is 4.09. The highest BCUT2D eigenvalue weighted by molar-refractivity contribution is 5.55. The van der Waals surface area contributed by atoms with Gasteiger partial charge in [-0.3, -0.25) is 0 Å². The maximum Gasteiger partial charge on any atom is 0.203 e. The van der Waals surface area contributed by atoms with Crippen molar-refractivity contribution in [3.63, 3.8) is 0 Å². The summed E-state index contributed by atoms with van der Waals surface area (Å²) >= 11 is 0. The molecule has 0 unspecified atom stereocenters. The lowest BCUT2D eigenvalue weighted by Crippen LogP contribution is -3.13. The summed E-state index contributed by atoms with van der Waals surface area (Å²) in [6.07, 6.45) is 0. The molecule has 5 nitrogen and oxygen atoms in total. The fraction of sp³-hybridized carbons (Fsp3) is 0.455. The summed E-state index contributed by atoms with van der Waals surface area (Å²) in [5, 5.41) is 0. The fourth-order valence-corrected chi connectivity index (χ4v) is 3.83. The molecule has 5 heteroatoms. The molecule has 1 saturated heterocycles. The smallest absolute Gasteiger partial charge is 0.203 e. The number of quaternary nitrogens is 1. The largest absolute Gasteiger partial charge is 0.493 e. The average molecular weight is 372 g/mol. The van der Waals surface area contributed by atoms with E-state index in [-0.39, 0.29) is 0 Å². The SMILES string of the molecule is COc1cc(C[NH+]2CCN(c3cc(C)ccc3C)CC2)cc(OC)c1OC. The third-order valence-electron chi connectivity index (χ3n) is 5.35. The van der Waals surface area contributed by atoms with E-state index in [4.69, 9.17) is 14.2 Å². The van der Waals surface area contributed by atoms with Crippen LogP contribution in [0.25, 0.3) is 0 Å². The quantitative estimate of drug-likeness (QED) is 0.845. The minimum absolute atomic E-state index is 0.651. The number of aryl methyl sites for hydroxylation is 2. The molecule has 0 amide bonds. The molecule has 3 rings (SSSR count). The molecule has 2 aromatic rings. The van der Waals surface area contributed by atoms with Crippen molar-refractivity contribution in [2.75, 3.05) is 52.4 Å². The molecule has 0 radical (unpaired) electrons. The summed E-state index contributed by atoms with van der Waals surface area (Å²) in [5.41, 5.74) is 5.26. The van der Waals surface area contributed by atoms with Crippen molar-refractivity contribution in [2.45, 2.75) is 20.4 Å². The maximum absolute atomic E-state index is 5.49. The second-order valence-electron chi connectivity index (χ2n) is 7.24. The van der Waals surface area contributed by atoms with Crippen molar-refractivity contribution >= 4 is 5.69 Å². The molecule has 0 atom stereocenters. The Morgan fingerprint density at radius 2 is 1.52 bits per heavy atom. The molecule has 1 heterocycles. The first-order valence-electron chi connectivity index (χ1n) is 9.50. The number of methoxy groups -OCH3 is 3. The Morgan fingerprint density at radius 1 is 0.889 bits per heavy atom. The van der Waals surface area contributed by atoms with Crippen LogP contribution in [0.3, 0.4) is 0 Å². The summed E-state index contributed by atoms with van der Waals surface area (Å²) in [6.45, 7) is 9.69. The van der Waals surface area contributed by atoms with Crippen LogP contribution in [0.2, 0.25) is 0 Å². The van der Waals surface area contributed by atoms with Crippen molar-refractivity contribution in [3.8, 4) is 17.2 Å². The zero-order valence-corrected chi connectivity index (χ0v) is 17.1. The Morgan fingerprint density at radius 3 is 2.07 bits per heavy atom. The van der Waals surface area contributed by atoms with Gasteiger partial charge in [-0.15, -0.1) is 0 Å². The Hall–Kier alpha value is -2.40. The molecular weight excluding hydrogens is 340 g/mol. The van der Waals surface area contributed by atoms with Crippen molar-refractivity contribution in [1.29, 1.82) is 0 Å². The van der Waals surface area contributed by atoms with E-state index in [0.717, 1.165) is 44.2 Å². The second kappa shape index (κ2) is 8.53. The Balaban J connectivity index is 1.68. The van der Waals surface area contributed by atoms with Crippen molar-refractivity contribution in [2.24, 2.45) is 0 Å².